The Balaban J connectivity index is 0.921. The minimum atomic E-state index is -2.10. The van der Waals surface area contributed by atoms with Gasteiger partial charge in [0.2, 0.25) is 17.7 Å². The third kappa shape index (κ3) is 10.1. The number of carbonyl (C=O) groups excluding carboxylic acids is 1. The lowest BCUT2D eigenvalue weighted by Gasteiger charge is -2.35. The Hall–Kier alpha value is -5.28. The largest absolute Gasteiger partial charge is 0.438 e. The maximum absolute atomic E-state index is 12.6. The van der Waals surface area contributed by atoms with E-state index in [2.05, 4.69) is 72.9 Å². The van der Waals surface area contributed by atoms with Gasteiger partial charge in [-0.25, -0.2) is 15.0 Å². The van der Waals surface area contributed by atoms with Gasteiger partial charge in [0.25, 0.3) is 0 Å². The molecular weight excluding hydrogens is 727 g/mol. The van der Waals surface area contributed by atoms with Gasteiger partial charge in [-0.2, -0.15) is 0 Å². The van der Waals surface area contributed by atoms with Gasteiger partial charge in [-0.15, -0.1) is 11.3 Å². The summed E-state index contributed by atoms with van der Waals surface area (Å²) in [5.74, 6) is 2.73. The number of benzene rings is 2. The highest BCUT2D eigenvalue weighted by Crippen LogP contribution is 2.31. The van der Waals surface area contributed by atoms with Gasteiger partial charge in [-0.05, 0) is 105 Å². The van der Waals surface area contributed by atoms with Crippen LogP contribution >= 0.6 is 11.3 Å². The number of aromatic nitrogens is 3. The number of ether oxygens (including phenoxy) is 1. The van der Waals surface area contributed by atoms with Gasteiger partial charge >= 0.3 is 0 Å². The van der Waals surface area contributed by atoms with Crippen LogP contribution in [-0.4, -0.2) is 83.0 Å². The lowest BCUT2D eigenvalue weighted by Crippen LogP contribution is -2.49. The van der Waals surface area contributed by atoms with E-state index in [1.54, 1.807) is 23.7 Å². The van der Waals surface area contributed by atoms with Crippen molar-refractivity contribution in [3.05, 3.63) is 111 Å². The summed E-state index contributed by atoms with van der Waals surface area (Å²) in [6, 6.07) is 24.8. The van der Waals surface area contributed by atoms with E-state index in [-0.39, 0.29) is 5.91 Å². The van der Waals surface area contributed by atoms with Crippen LogP contribution in [0.25, 0.3) is 22.8 Å². The molecule has 286 valence electrons. The number of fused-ring (bicyclic) bond motifs is 1. The number of rotatable bonds is 15. The summed E-state index contributed by atoms with van der Waals surface area (Å²) < 4.78 is 6.30. The molecule has 0 atom stereocenters. The quantitative estimate of drug-likeness (QED) is 0.0720. The minimum absolute atomic E-state index is 0.207. The molecule has 0 unspecified atom stereocenters. The van der Waals surface area contributed by atoms with E-state index in [4.69, 9.17) is 9.72 Å². The highest BCUT2D eigenvalue weighted by Gasteiger charge is 2.22. The summed E-state index contributed by atoms with van der Waals surface area (Å²) in [6.45, 7) is 10.9. The van der Waals surface area contributed by atoms with Gasteiger partial charge in [-0.1, -0.05) is 24.3 Å². The van der Waals surface area contributed by atoms with Gasteiger partial charge < -0.3 is 25.1 Å². The first-order valence-corrected chi connectivity index (χ1v) is 22.9. The summed E-state index contributed by atoms with van der Waals surface area (Å²) in [5.41, 5.74) is 11.4. The Kier molecular flexibility index (Phi) is 12.1. The Morgan fingerprint density at radius 3 is 2.51 bits per heavy atom. The third-order valence-electron chi connectivity index (χ3n) is 9.63. The highest BCUT2D eigenvalue weighted by atomic mass is 32.1. The van der Waals surface area contributed by atoms with Crippen LogP contribution in [0.1, 0.15) is 29.7 Å². The molecule has 5 heterocycles. The van der Waals surface area contributed by atoms with Crippen molar-refractivity contribution in [3.8, 4) is 22.9 Å². The number of nitrogens with zero attached hydrogens (tertiary/aromatic N) is 5. The molecule has 0 saturated carbocycles. The van der Waals surface area contributed by atoms with E-state index in [1.165, 1.54) is 10.4 Å². The molecule has 2 aliphatic rings. The van der Waals surface area contributed by atoms with Crippen LogP contribution in [0.3, 0.4) is 0 Å². The first-order chi connectivity index (χ1) is 26.7. The van der Waals surface area contributed by atoms with Crippen molar-refractivity contribution in [2.45, 2.75) is 45.3 Å². The zero-order chi connectivity index (χ0) is 38.2. The number of amides is 1. The van der Waals surface area contributed by atoms with Gasteiger partial charge in [0, 0.05) is 67.7 Å². The molecule has 14 heteroatoms. The Morgan fingerprint density at radius 1 is 0.945 bits per heavy atom. The fraction of sp³-hybridized carbons (Fsp3) is 0.317. The molecule has 55 heavy (non-hydrogen) atoms. The van der Waals surface area contributed by atoms with E-state index in [9.17, 15) is 9.59 Å². The van der Waals surface area contributed by atoms with Crippen molar-refractivity contribution in [1.82, 2.24) is 35.6 Å². The van der Waals surface area contributed by atoms with E-state index in [1.807, 2.05) is 66.5 Å². The Labute approximate surface area is 327 Å². The molecular formula is C41H49N9O3SSi. The van der Waals surface area contributed by atoms with E-state index >= 15 is 0 Å². The zero-order valence-corrected chi connectivity index (χ0v) is 33.5. The van der Waals surface area contributed by atoms with Gasteiger partial charge in [0.15, 0.2) is 8.32 Å². The molecule has 1 amide bonds. The van der Waals surface area contributed by atoms with Gasteiger partial charge in [-0.3, -0.25) is 20.5 Å². The number of aryl methyl sites for hydroxylation is 1. The van der Waals surface area contributed by atoms with Crippen LogP contribution in [0.5, 0.6) is 11.6 Å². The number of carbonyl (C=O) groups is 1. The van der Waals surface area contributed by atoms with Crippen molar-refractivity contribution in [3.63, 3.8) is 0 Å². The van der Waals surface area contributed by atoms with Crippen LogP contribution in [0.2, 0.25) is 19.1 Å². The average Bonchev–Trinajstić information content (AvgIpc) is 3.63. The number of anilines is 2. The second-order valence-electron chi connectivity index (χ2n) is 14.6. The van der Waals surface area contributed by atoms with Crippen molar-refractivity contribution >= 4 is 48.7 Å². The number of pyridine rings is 1. The SMILES string of the molecule is Cc1csc(C2=c3ccccc3=C(Nc3ccc(Oc4ncccc4-c4ccnc(NCCCN5CCN(C(=O)CCC[Si](C)(C)O)CC5)n4)cc3)NN2)c1. The number of hydrogen-bond donors (Lipinski definition) is 5. The molecule has 1 fully saturated rings. The summed E-state index contributed by atoms with van der Waals surface area (Å²) in [4.78, 5) is 42.0. The lowest BCUT2D eigenvalue weighted by molar-refractivity contribution is -0.133. The maximum atomic E-state index is 12.6. The Morgan fingerprint density at radius 2 is 1.75 bits per heavy atom. The van der Waals surface area contributed by atoms with Crippen LogP contribution in [0, 0.1) is 6.92 Å². The number of hydrogen-bond acceptors (Lipinski definition) is 12. The summed E-state index contributed by atoms with van der Waals surface area (Å²) in [5, 5.41) is 11.3. The fourth-order valence-corrected chi connectivity index (χ4v) is 8.67. The van der Waals surface area contributed by atoms with Crippen LogP contribution in [-0.2, 0) is 4.79 Å². The van der Waals surface area contributed by atoms with Crippen LogP contribution < -0.4 is 36.7 Å². The van der Waals surface area contributed by atoms with Crippen LogP contribution in [0.4, 0.5) is 11.6 Å². The zero-order valence-electron chi connectivity index (χ0n) is 31.6. The molecule has 5 aromatic rings. The Bertz CT molecular complexity index is 2220. The highest BCUT2D eigenvalue weighted by molar-refractivity contribution is 7.11. The number of nitrogens with one attached hydrogen (secondary N) is 4. The fourth-order valence-electron chi connectivity index (χ4n) is 6.71. The summed E-state index contributed by atoms with van der Waals surface area (Å²) >= 11 is 1.73. The van der Waals surface area contributed by atoms with E-state index < -0.39 is 8.32 Å². The second kappa shape index (κ2) is 17.5. The molecule has 5 N–H and O–H groups in total. The first kappa shape index (κ1) is 38.0. The maximum Gasteiger partial charge on any atom is 0.228 e. The standard InChI is InChI=1S/C41H49N9O3SSi/c1-29-27-36(54-28-29)38-32-9-4-5-10-33(32)39(48-47-38)45-30-13-15-31(16-14-30)53-40-34(11-6-18-42-40)35-17-20-44-41(46-35)43-19-8-21-49-22-24-50(25-23-49)37(51)12-7-26-55(2,3)52/h4-6,9-11,13-18,20,27-28,45,47-48,52H,7-8,12,19,21-26H2,1-3H3,(H,43,44,46). The summed E-state index contributed by atoms with van der Waals surface area (Å²) in [7, 11) is -2.10. The van der Waals surface area contributed by atoms with Gasteiger partial charge in [0.05, 0.1) is 21.8 Å². The second-order valence-corrected chi connectivity index (χ2v) is 19.6. The molecule has 0 bridgehead atoms. The molecule has 2 aliphatic heterocycles. The molecule has 2 aromatic carbocycles. The minimum Gasteiger partial charge on any atom is -0.438 e. The average molecular weight is 776 g/mol. The third-order valence-corrected chi connectivity index (χ3v) is 12.3. The lowest BCUT2D eigenvalue weighted by atomic mass is 10.1. The normalized spacial score (nSPS) is 14.5. The molecule has 0 aliphatic carbocycles. The van der Waals surface area contributed by atoms with E-state index in [0.717, 1.165) is 91.4 Å². The molecule has 7 rings (SSSR count). The topological polar surface area (TPSA) is 140 Å². The van der Waals surface area contributed by atoms with Crippen molar-refractivity contribution in [2.24, 2.45) is 0 Å². The van der Waals surface area contributed by atoms with Gasteiger partial charge in [0.1, 0.15) is 11.6 Å². The molecule has 0 spiro atoms. The smallest absolute Gasteiger partial charge is 0.228 e. The van der Waals surface area contributed by atoms with Crippen molar-refractivity contribution in [2.75, 3.05) is 49.9 Å². The monoisotopic (exact) mass is 775 g/mol. The molecule has 1 saturated heterocycles. The van der Waals surface area contributed by atoms with Crippen LogP contribution in [0.15, 0.2) is 90.6 Å². The molecule has 0 radical (unpaired) electrons. The number of thiophene rings is 1. The first-order valence-electron chi connectivity index (χ1n) is 18.9. The number of hydrazine groups is 1. The van der Waals surface area contributed by atoms with Crippen molar-refractivity contribution < 1.29 is 14.3 Å². The number of piperazine rings is 1. The predicted molar refractivity (Wildman–Crippen MR) is 222 cm³/mol. The molecule has 3 aromatic heterocycles. The predicted octanol–water partition coefficient (Wildman–Crippen LogP) is 5.07. The summed E-state index contributed by atoms with van der Waals surface area (Å²) in [6.07, 6.45) is 5.68. The van der Waals surface area contributed by atoms with E-state index in [0.29, 0.717) is 29.7 Å². The van der Waals surface area contributed by atoms with Crippen molar-refractivity contribution in [1.29, 1.82) is 0 Å². The molecule has 12 nitrogen and oxygen atoms in total.